The minimum absolute atomic E-state index is 0.191. The number of amides is 1. The molecule has 3 aromatic rings. The van der Waals surface area contributed by atoms with E-state index in [0.717, 1.165) is 11.9 Å². The third-order valence-electron chi connectivity index (χ3n) is 3.66. The molecular weight excluding hydrogens is 302 g/mol. The van der Waals surface area contributed by atoms with E-state index in [4.69, 9.17) is 0 Å². The zero-order valence-electron chi connectivity index (χ0n) is 13.8. The van der Waals surface area contributed by atoms with Crippen LogP contribution < -0.4 is 10.6 Å². The topological polar surface area (TPSA) is 82.7 Å². The van der Waals surface area contributed by atoms with E-state index in [1.807, 2.05) is 38.2 Å². The molecule has 0 atom stereocenters. The number of para-hydroxylation sites is 1. The fourth-order valence-electron chi connectivity index (χ4n) is 2.55. The van der Waals surface area contributed by atoms with E-state index in [2.05, 4.69) is 31.7 Å². The summed E-state index contributed by atoms with van der Waals surface area (Å²) in [4.78, 5) is 23.8. The quantitative estimate of drug-likeness (QED) is 0.651. The summed E-state index contributed by atoms with van der Waals surface area (Å²) in [5, 5.41) is 7.20. The zero-order chi connectivity index (χ0) is 16.9. The van der Waals surface area contributed by atoms with E-state index in [1.165, 1.54) is 10.9 Å². The zero-order valence-corrected chi connectivity index (χ0v) is 13.8. The Hall–Kier alpha value is -2.89. The second-order valence-electron chi connectivity index (χ2n) is 5.93. The number of fused-ring (bicyclic) bond motifs is 1. The van der Waals surface area contributed by atoms with Crippen LogP contribution >= 0.6 is 0 Å². The lowest BCUT2D eigenvalue weighted by Gasteiger charge is -2.09. The fraction of sp³-hybridized carbons (Fsp3) is 0.278. The SMILES string of the molecule is CC(C)Nc1nccc(C(=O)NCCc2c[nH]c3ccccc23)n1. The predicted octanol–water partition coefficient (Wildman–Crippen LogP) is 2.75. The molecule has 0 spiro atoms. The number of hydrogen-bond acceptors (Lipinski definition) is 4. The van der Waals surface area contributed by atoms with Gasteiger partial charge >= 0.3 is 0 Å². The van der Waals surface area contributed by atoms with E-state index >= 15 is 0 Å². The highest BCUT2D eigenvalue weighted by molar-refractivity contribution is 5.92. The molecule has 0 saturated carbocycles. The van der Waals surface area contributed by atoms with Gasteiger partial charge in [0.05, 0.1) is 0 Å². The van der Waals surface area contributed by atoms with Crippen molar-refractivity contribution in [3.05, 3.63) is 54.0 Å². The van der Waals surface area contributed by atoms with Gasteiger partial charge < -0.3 is 15.6 Å². The molecular formula is C18H21N5O. The summed E-state index contributed by atoms with van der Waals surface area (Å²) >= 11 is 0. The number of nitrogens with zero attached hydrogens (tertiary/aromatic N) is 2. The predicted molar refractivity (Wildman–Crippen MR) is 95.1 cm³/mol. The van der Waals surface area contributed by atoms with E-state index < -0.39 is 0 Å². The number of hydrogen-bond donors (Lipinski definition) is 3. The van der Waals surface area contributed by atoms with Gasteiger partial charge in [0.2, 0.25) is 5.95 Å². The fourth-order valence-corrected chi connectivity index (χ4v) is 2.55. The van der Waals surface area contributed by atoms with Gasteiger partial charge in [-0.3, -0.25) is 4.79 Å². The van der Waals surface area contributed by atoms with Gasteiger partial charge in [-0.15, -0.1) is 0 Å². The lowest BCUT2D eigenvalue weighted by Crippen LogP contribution is -2.27. The number of benzene rings is 1. The molecule has 2 aromatic heterocycles. The van der Waals surface area contributed by atoms with Gasteiger partial charge in [0.1, 0.15) is 5.69 Å². The molecule has 0 fully saturated rings. The highest BCUT2D eigenvalue weighted by Crippen LogP contribution is 2.17. The van der Waals surface area contributed by atoms with Crippen molar-refractivity contribution in [1.29, 1.82) is 0 Å². The van der Waals surface area contributed by atoms with Crippen molar-refractivity contribution in [2.45, 2.75) is 26.3 Å². The van der Waals surface area contributed by atoms with Crippen LogP contribution in [0.3, 0.4) is 0 Å². The van der Waals surface area contributed by atoms with Crippen LogP contribution in [-0.4, -0.2) is 33.4 Å². The summed E-state index contributed by atoms with van der Waals surface area (Å²) < 4.78 is 0. The molecule has 6 heteroatoms. The van der Waals surface area contributed by atoms with Gasteiger partial charge in [-0.05, 0) is 38.0 Å². The normalized spacial score (nSPS) is 11.0. The summed E-state index contributed by atoms with van der Waals surface area (Å²) in [5.74, 6) is 0.276. The first-order valence-electron chi connectivity index (χ1n) is 8.06. The molecule has 6 nitrogen and oxygen atoms in total. The molecule has 1 aromatic carbocycles. The second-order valence-corrected chi connectivity index (χ2v) is 5.93. The first-order valence-corrected chi connectivity index (χ1v) is 8.06. The first kappa shape index (κ1) is 16.0. The molecule has 0 bridgehead atoms. The molecule has 0 aliphatic carbocycles. The standard InChI is InChI=1S/C18H21N5O/c1-12(2)22-18-20-10-8-16(23-18)17(24)19-9-7-13-11-21-15-6-4-3-5-14(13)15/h3-6,8,10-12,21H,7,9H2,1-2H3,(H,19,24)(H,20,22,23). The lowest BCUT2D eigenvalue weighted by molar-refractivity contribution is 0.0949. The van der Waals surface area contributed by atoms with Crippen LogP contribution in [0.25, 0.3) is 10.9 Å². The van der Waals surface area contributed by atoms with E-state index in [9.17, 15) is 4.79 Å². The average molecular weight is 323 g/mol. The number of carbonyl (C=O) groups is 1. The number of H-pyrrole nitrogens is 1. The largest absolute Gasteiger partial charge is 0.361 e. The number of carbonyl (C=O) groups excluding carboxylic acids is 1. The Bertz CT molecular complexity index is 840. The van der Waals surface area contributed by atoms with Crippen LogP contribution in [0, 0.1) is 0 Å². The number of anilines is 1. The van der Waals surface area contributed by atoms with E-state index in [1.54, 1.807) is 12.3 Å². The van der Waals surface area contributed by atoms with Gasteiger partial charge in [0, 0.05) is 35.9 Å². The smallest absolute Gasteiger partial charge is 0.270 e. The third-order valence-corrected chi connectivity index (χ3v) is 3.66. The van der Waals surface area contributed by atoms with Crippen molar-refractivity contribution in [1.82, 2.24) is 20.3 Å². The minimum atomic E-state index is -0.191. The summed E-state index contributed by atoms with van der Waals surface area (Å²) in [5.41, 5.74) is 2.67. The van der Waals surface area contributed by atoms with Gasteiger partial charge in [0.15, 0.2) is 0 Å². The molecule has 0 saturated heterocycles. The Labute approximate surface area is 140 Å². The first-order chi connectivity index (χ1) is 11.6. The Morgan fingerprint density at radius 2 is 2.08 bits per heavy atom. The number of aromatic nitrogens is 3. The van der Waals surface area contributed by atoms with Crippen molar-refractivity contribution in [2.24, 2.45) is 0 Å². The maximum Gasteiger partial charge on any atom is 0.270 e. The van der Waals surface area contributed by atoms with Crippen LogP contribution in [0.2, 0.25) is 0 Å². The Balaban J connectivity index is 1.59. The molecule has 3 rings (SSSR count). The van der Waals surface area contributed by atoms with Crippen molar-refractivity contribution < 1.29 is 4.79 Å². The highest BCUT2D eigenvalue weighted by Gasteiger charge is 2.09. The van der Waals surface area contributed by atoms with Gasteiger partial charge in [-0.2, -0.15) is 0 Å². The molecule has 1 amide bonds. The van der Waals surface area contributed by atoms with Crippen molar-refractivity contribution in [3.8, 4) is 0 Å². The second kappa shape index (κ2) is 7.12. The van der Waals surface area contributed by atoms with E-state index in [0.29, 0.717) is 18.2 Å². The van der Waals surface area contributed by atoms with Crippen molar-refractivity contribution >= 4 is 22.8 Å². The van der Waals surface area contributed by atoms with Gasteiger partial charge in [-0.1, -0.05) is 18.2 Å². The Morgan fingerprint density at radius 3 is 2.92 bits per heavy atom. The third kappa shape index (κ3) is 3.71. The maximum atomic E-state index is 12.2. The molecule has 0 aliphatic heterocycles. The molecule has 0 radical (unpaired) electrons. The summed E-state index contributed by atoms with van der Waals surface area (Å²) in [7, 11) is 0. The van der Waals surface area contributed by atoms with E-state index in [-0.39, 0.29) is 11.9 Å². The Morgan fingerprint density at radius 1 is 1.25 bits per heavy atom. The van der Waals surface area contributed by atoms with Gasteiger partial charge in [-0.25, -0.2) is 9.97 Å². The minimum Gasteiger partial charge on any atom is -0.361 e. The highest BCUT2D eigenvalue weighted by atomic mass is 16.1. The van der Waals surface area contributed by atoms with Crippen LogP contribution in [0.15, 0.2) is 42.7 Å². The summed E-state index contributed by atoms with van der Waals surface area (Å²) in [6.45, 7) is 4.55. The molecule has 2 heterocycles. The lowest BCUT2D eigenvalue weighted by atomic mass is 10.1. The summed E-state index contributed by atoms with van der Waals surface area (Å²) in [6.07, 6.45) is 4.34. The summed E-state index contributed by atoms with van der Waals surface area (Å²) in [6, 6.07) is 9.97. The van der Waals surface area contributed by atoms with Crippen LogP contribution in [-0.2, 0) is 6.42 Å². The molecule has 0 aliphatic rings. The average Bonchev–Trinajstić information content (AvgIpc) is 2.98. The molecule has 0 unspecified atom stereocenters. The molecule has 24 heavy (non-hydrogen) atoms. The molecule has 124 valence electrons. The van der Waals surface area contributed by atoms with Gasteiger partial charge in [0.25, 0.3) is 5.91 Å². The monoisotopic (exact) mass is 323 g/mol. The van der Waals surface area contributed by atoms with Crippen molar-refractivity contribution in [3.63, 3.8) is 0 Å². The maximum absolute atomic E-state index is 12.2. The van der Waals surface area contributed by atoms with Crippen LogP contribution in [0.4, 0.5) is 5.95 Å². The van der Waals surface area contributed by atoms with Crippen LogP contribution in [0.5, 0.6) is 0 Å². The number of nitrogens with one attached hydrogen (secondary N) is 3. The van der Waals surface area contributed by atoms with Crippen LogP contribution in [0.1, 0.15) is 29.9 Å². The molecule has 3 N–H and O–H groups in total. The number of rotatable bonds is 6. The number of aromatic amines is 1. The Kier molecular flexibility index (Phi) is 4.74. The van der Waals surface area contributed by atoms with Crippen molar-refractivity contribution in [2.75, 3.05) is 11.9 Å².